The second-order valence-electron chi connectivity index (χ2n) is 7.97. The average molecular weight is 475 g/mol. The van der Waals surface area contributed by atoms with Gasteiger partial charge in [-0.25, -0.2) is 14.4 Å². The van der Waals surface area contributed by atoms with Crippen molar-refractivity contribution in [3.05, 3.63) is 66.5 Å². The van der Waals surface area contributed by atoms with E-state index in [1.165, 1.54) is 0 Å². The maximum atomic E-state index is 12.5. The highest BCUT2D eigenvalue weighted by atomic mass is 31.1. The fourth-order valence-electron chi connectivity index (χ4n) is 3.95. The normalized spacial score (nSPS) is 16.1. The number of aromatic nitrogens is 4. The molecule has 1 unspecified atom stereocenters. The maximum Gasteiger partial charge on any atom is 0.256 e. The van der Waals surface area contributed by atoms with Crippen molar-refractivity contribution in [2.45, 2.75) is 18.9 Å². The van der Waals surface area contributed by atoms with Crippen LogP contribution in [0.15, 0.2) is 60.9 Å². The molecule has 1 saturated heterocycles. The minimum atomic E-state index is -0.227. The minimum Gasteiger partial charge on any atom is -0.456 e. The number of hydrogen-bond donors (Lipinski definition) is 3. The van der Waals surface area contributed by atoms with E-state index in [0.29, 0.717) is 37.7 Å². The molecule has 0 aliphatic carbocycles. The monoisotopic (exact) mass is 475 g/mol. The van der Waals surface area contributed by atoms with Crippen LogP contribution in [0.5, 0.6) is 11.5 Å². The number of carbonyl (C=O) groups is 1. The second kappa shape index (κ2) is 10.2. The lowest BCUT2D eigenvalue weighted by Gasteiger charge is -2.23. The highest BCUT2D eigenvalue weighted by Gasteiger charge is 2.21. The molecule has 174 valence electrons. The number of amides is 1. The average Bonchev–Trinajstić information content (AvgIpc) is 3.24. The molecule has 1 aromatic carbocycles. The van der Waals surface area contributed by atoms with E-state index in [1.54, 1.807) is 48.8 Å². The molecule has 0 radical (unpaired) electrons. The van der Waals surface area contributed by atoms with Gasteiger partial charge in [0.2, 0.25) is 0 Å². The quantitative estimate of drug-likeness (QED) is 0.346. The summed E-state index contributed by atoms with van der Waals surface area (Å²) in [6.45, 7) is 4.03. The molecule has 2 atom stereocenters. The summed E-state index contributed by atoms with van der Waals surface area (Å²) in [5, 5.41) is 15.4. The molecule has 4 aromatic rings. The standard InChI is InChI=1S/C24H26N7O2P/c1-34-31-23-21(22(30-31)28-17-5-4-12-25-15-17)19(11-14-27-23)33-18-9-7-16(8-10-18)24(32)29-20-6-2-3-13-26-20/h2-3,6-11,13-14,17,25,34H,4-5,12,15H2,1H3,(H,28,30)(H,26,29,32)/t17-/m1/s1. The molecule has 0 bridgehead atoms. The predicted molar refractivity (Wildman–Crippen MR) is 135 cm³/mol. The molecule has 1 aliphatic rings. The summed E-state index contributed by atoms with van der Waals surface area (Å²) >= 11 is 0. The van der Waals surface area contributed by atoms with E-state index in [1.807, 2.05) is 16.6 Å². The zero-order chi connectivity index (χ0) is 23.3. The SMILES string of the molecule is CPn1nc(N[C@@H]2CCCNC2)c2c(Oc3ccc(C(=O)Nc4ccccn4)cc3)ccnc21. The van der Waals surface area contributed by atoms with Gasteiger partial charge in [0.1, 0.15) is 22.7 Å². The van der Waals surface area contributed by atoms with Crippen LogP contribution >= 0.6 is 8.73 Å². The summed E-state index contributed by atoms with van der Waals surface area (Å²) in [6.07, 6.45) is 5.59. The first-order valence-electron chi connectivity index (χ1n) is 11.2. The Labute approximate surface area is 199 Å². The maximum absolute atomic E-state index is 12.5. The van der Waals surface area contributed by atoms with Crippen LogP contribution in [-0.2, 0) is 0 Å². The number of carbonyl (C=O) groups excluding carboxylic acids is 1. The first-order valence-corrected chi connectivity index (χ1v) is 12.7. The van der Waals surface area contributed by atoms with Crippen molar-refractivity contribution in [2.75, 3.05) is 30.4 Å². The van der Waals surface area contributed by atoms with Crippen LogP contribution in [0, 0.1) is 0 Å². The molecule has 4 heterocycles. The molecule has 5 rings (SSSR count). The van der Waals surface area contributed by atoms with E-state index in [9.17, 15) is 4.79 Å². The Bertz CT molecular complexity index is 1270. The minimum absolute atomic E-state index is 0.227. The van der Waals surface area contributed by atoms with Gasteiger partial charge in [0.15, 0.2) is 11.5 Å². The number of pyridine rings is 2. The Kier molecular flexibility index (Phi) is 6.65. The number of hydrogen-bond acceptors (Lipinski definition) is 7. The highest BCUT2D eigenvalue weighted by molar-refractivity contribution is 7.35. The molecule has 3 N–H and O–H groups in total. The lowest BCUT2D eigenvalue weighted by atomic mass is 10.1. The van der Waals surface area contributed by atoms with Crippen molar-refractivity contribution in [3.8, 4) is 11.5 Å². The van der Waals surface area contributed by atoms with E-state index in [0.717, 1.165) is 42.8 Å². The fourth-order valence-corrected chi connectivity index (χ4v) is 4.53. The number of ether oxygens (including phenoxy) is 1. The van der Waals surface area contributed by atoms with Crippen LogP contribution in [0.2, 0.25) is 0 Å². The Morgan fingerprint density at radius 3 is 2.76 bits per heavy atom. The number of benzene rings is 1. The first kappa shape index (κ1) is 22.3. The Hall–Kier alpha value is -3.55. The van der Waals surface area contributed by atoms with Gasteiger partial charge in [-0.3, -0.25) is 4.79 Å². The Morgan fingerprint density at radius 1 is 1.15 bits per heavy atom. The van der Waals surface area contributed by atoms with Crippen molar-refractivity contribution < 1.29 is 9.53 Å². The van der Waals surface area contributed by atoms with Crippen LogP contribution in [0.1, 0.15) is 23.2 Å². The number of rotatable bonds is 7. The largest absolute Gasteiger partial charge is 0.456 e. The van der Waals surface area contributed by atoms with Crippen molar-refractivity contribution in [1.82, 2.24) is 24.8 Å². The zero-order valence-electron chi connectivity index (χ0n) is 18.8. The van der Waals surface area contributed by atoms with Crippen LogP contribution in [0.4, 0.5) is 11.6 Å². The van der Waals surface area contributed by atoms with E-state index < -0.39 is 0 Å². The summed E-state index contributed by atoms with van der Waals surface area (Å²) in [4.78, 5) is 21.2. The van der Waals surface area contributed by atoms with Gasteiger partial charge < -0.3 is 20.7 Å². The molecule has 0 spiro atoms. The fraction of sp³-hybridized carbons (Fsp3) is 0.250. The number of nitrogens with one attached hydrogen (secondary N) is 3. The van der Waals surface area contributed by atoms with Gasteiger partial charge >= 0.3 is 0 Å². The van der Waals surface area contributed by atoms with E-state index in [2.05, 4.69) is 32.6 Å². The van der Waals surface area contributed by atoms with Crippen molar-refractivity contribution >= 4 is 37.3 Å². The van der Waals surface area contributed by atoms with Crippen molar-refractivity contribution in [1.29, 1.82) is 0 Å². The van der Waals surface area contributed by atoms with E-state index in [-0.39, 0.29) is 5.91 Å². The molecule has 34 heavy (non-hydrogen) atoms. The molecule has 10 heteroatoms. The lowest BCUT2D eigenvalue weighted by Crippen LogP contribution is -2.38. The van der Waals surface area contributed by atoms with Crippen LogP contribution in [0.25, 0.3) is 11.0 Å². The van der Waals surface area contributed by atoms with Crippen LogP contribution < -0.4 is 20.7 Å². The number of fused-ring (bicyclic) bond motifs is 1. The van der Waals surface area contributed by atoms with Gasteiger partial charge in [-0.15, -0.1) is 5.10 Å². The van der Waals surface area contributed by atoms with Gasteiger partial charge in [-0.2, -0.15) is 0 Å². The third kappa shape index (κ3) is 4.85. The van der Waals surface area contributed by atoms with E-state index in [4.69, 9.17) is 9.84 Å². The van der Waals surface area contributed by atoms with Gasteiger partial charge in [0.25, 0.3) is 5.91 Å². The third-order valence-electron chi connectivity index (χ3n) is 5.63. The van der Waals surface area contributed by atoms with Gasteiger partial charge in [-0.1, -0.05) is 6.07 Å². The van der Waals surface area contributed by atoms with Crippen LogP contribution in [0.3, 0.4) is 0 Å². The predicted octanol–water partition coefficient (Wildman–Crippen LogP) is 4.11. The molecule has 9 nitrogen and oxygen atoms in total. The number of piperidine rings is 1. The molecular formula is C24H26N7O2P. The summed E-state index contributed by atoms with van der Waals surface area (Å²) in [6, 6.07) is 14.6. The summed E-state index contributed by atoms with van der Waals surface area (Å²) in [5.41, 5.74) is 1.31. The van der Waals surface area contributed by atoms with Crippen molar-refractivity contribution in [2.24, 2.45) is 0 Å². The molecule has 1 aliphatic heterocycles. The number of anilines is 2. The summed E-state index contributed by atoms with van der Waals surface area (Å²) in [5.74, 6) is 2.36. The molecular weight excluding hydrogens is 449 g/mol. The molecule has 1 amide bonds. The smallest absolute Gasteiger partial charge is 0.256 e. The van der Waals surface area contributed by atoms with Crippen LogP contribution in [-0.4, -0.2) is 51.2 Å². The number of nitrogens with zero attached hydrogens (tertiary/aromatic N) is 4. The van der Waals surface area contributed by atoms with Gasteiger partial charge in [-0.05, 0) is 62.4 Å². The lowest BCUT2D eigenvalue weighted by molar-refractivity contribution is 0.102. The summed E-state index contributed by atoms with van der Waals surface area (Å²) < 4.78 is 8.15. The summed E-state index contributed by atoms with van der Waals surface area (Å²) in [7, 11) is 0.447. The second-order valence-corrected chi connectivity index (χ2v) is 8.85. The first-order chi connectivity index (χ1) is 16.7. The Morgan fingerprint density at radius 2 is 2.03 bits per heavy atom. The Balaban J connectivity index is 1.37. The van der Waals surface area contributed by atoms with Crippen molar-refractivity contribution in [3.63, 3.8) is 0 Å². The van der Waals surface area contributed by atoms with E-state index >= 15 is 0 Å². The molecule has 3 aromatic heterocycles. The zero-order valence-corrected chi connectivity index (χ0v) is 19.8. The van der Waals surface area contributed by atoms with Gasteiger partial charge in [0.05, 0.1) is 0 Å². The topological polar surface area (TPSA) is 106 Å². The molecule has 0 saturated carbocycles. The molecule has 1 fully saturated rings. The third-order valence-corrected chi connectivity index (χ3v) is 6.37. The van der Waals surface area contributed by atoms with Gasteiger partial charge in [0, 0.05) is 45.3 Å². The highest BCUT2D eigenvalue weighted by Crippen LogP contribution is 2.36.